The third-order valence-corrected chi connectivity index (χ3v) is 8.11. The number of alkyl halides is 3. The Kier molecular flexibility index (Phi) is 7.41. The number of nitrogens with one attached hydrogen (secondary N) is 2. The zero-order valence-corrected chi connectivity index (χ0v) is 19.4. The van der Waals surface area contributed by atoms with Crippen molar-refractivity contribution in [1.29, 1.82) is 0 Å². The molecule has 1 heterocycles. The van der Waals surface area contributed by atoms with Crippen molar-refractivity contribution in [1.82, 2.24) is 14.9 Å². The van der Waals surface area contributed by atoms with Gasteiger partial charge in [0.15, 0.2) is 0 Å². The fraction of sp³-hybridized carbons (Fsp3) is 0.524. The molecule has 2 aromatic rings. The summed E-state index contributed by atoms with van der Waals surface area (Å²) in [4.78, 5) is 10.6. The number of hydrogen-bond acceptors (Lipinski definition) is 7. The van der Waals surface area contributed by atoms with Crippen LogP contribution in [0.25, 0.3) is 0 Å². The van der Waals surface area contributed by atoms with Crippen LogP contribution in [0.3, 0.4) is 0 Å². The molecule has 1 unspecified atom stereocenters. The van der Waals surface area contributed by atoms with Gasteiger partial charge in [0.2, 0.25) is 5.95 Å². The standard InChI is InChI=1S/C21H29F3N6OS/c1-5-32(31,25-2)15-11-9-14(10-12-15)27-20-26-13-16(21(22,23)24)19(29-20)28-17-7-6-8-18(17)30(3)4/h9-13,17-18H,5-8H2,1-4H3,(H2-,25,26,27,28,29,31)/t17-,18-,32?/m1/s1. The first-order valence-corrected chi connectivity index (χ1v) is 12.1. The molecule has 2 N–H and O–H groups in total. The molecule has 3 atom stereocenters. The predicted molar refractivity (Wildman–Crippen MR) is 121 cm³/mol. The van der Waals surface area contributed by atoms with E-state index in [1.807, 2.05) is 19.0 Å². The topological polar surface area (TPSA) is 88.5 Å². The Hall–Kier alpha value is -2.24. The average Bonchev–Trinajstić information content (AvgIpc) is 3.21. The molecule has 1 aliphatic carbocycles. The van der Waals surface area contributed by atoms with E-state index >= 15 is 0 Å². The third kappa shape index (κ3) is 5.38. The Morgan fingerprint density at radius 3 is 2.47 bits per heavy atom. The maximum absolute atomic E-state index is 13.6. The van der Waals surface area contributed by atoms with Crippen molar-refractivity contribution in [3.63, 3.8) is 0 Å². The van der Waals surface area contributed by atoms with Gasteiger partial charge in [-0.25, -0.2) is 4.98 Å². The highest BCUT2D eigenvalue weighted by Crippen LogP contribution is 2.36. The van der Waals surface area contributed by atoms with E-state index < -0.39 is 21.8 Å². The minimum Gasteiger partial charge on any atom is -0.626 e. The molecule has 1 aromatic carbocycles. The number of anilines is 3. The van der Waals surface area contributed by atoms with Gasteiger partial charge >= 0.3 is 6.18 Å². The highest BCUT2D eigenvalue weighted by Gasteiger charge is 2.37. The molecule has 0 amide bonds. The van der Waals surface area contributed by atoms with Crippen LogP contribution in [0, 0.1) is 0 Å². The molecule has 11 heteroatoms. The lowest BCUT2D eigenvalue weighted by Crippen LogP contribution is -2.39. The SMILES string of the molecule is CC[S+]([O-])(=NC)c1ccc(Nc2ncc(C(F)(F)F)c(N[C@@H]3CCC[C@H]3N(C)C)n2)cc1. The molecule has 176 valence electrons. The number of nitrogens with zero attached hydrogens (tertiary/aromatic N) is 4. The van der Waals surface area contributed by atoms with Crippen molar-refractivity contribution in [2.45, 2.75) is 49.3 Å². The Labute approximate surface area is 187 Å². The van der Waals surface area contributed by atoms with Crippen molar-refractivity contribution < 1.29 is 17.7 Å². The Morgan fingerprint density at radius 2 is 1.91 bits per heavy atom. The fourth-order valence-electron chi connectivity index (χ4n) is 3.94. The van der Waals surface area contributed by atoms with E-state index in [9.17, 15) is 17.7 Å². The number of rotatable bonds is 7. The molecule has 0 spiro atoms. The lowest BCUT2D eigenvalue weighted by Gasteiger charge is -2.28. The van der Waals surface area contributed by atoms with Gasteiger partial charge in [-0.05, 0) is 74.7 Å². The van der Waals surface area contributed by atoms with E-state index in [-0.39, 0.29) is 23.8 Å². The molecular weight excluding hydrogens is 441 g/mol. The lowest BCUT2D eigenvalue weighted by molar-refractivity contribution is -0.137. The first kappa shape index (κ1) is 24.4. The van der Waals surface area contributed by atoms with E-state index in [0.717, 1.165) is 25.5 Å². The normalized spacial score (nSPS) is 20.8. The molecule has 1 fully saturated rings. The lowest BCUT2D eigenvalue weighted by atomic mass is 10.1. The first-order chi connectivity index (χ1) is 15.1. The maximum atomic E-state index is 13.6. The highest BCUT2D eigenvalue weighted by atomic mass is 32.3. The van der Waals surface area contributed by atoms with E-state index in [1.54, 1.807) is 31.2 Å². The molecule has 1 aliphatic rings. The molecule has 32 heavy (non-hydrogen) atoms. The number of benzene rings is 1. The second-order valence-electron chi connectivity index (χ2n) is 7.93. The minimum atomic E-state index is -4.57. The van der Waals surface area contributed by atoms with Crippen LogP contribution in [0.2, 0.25) is 0 Å². The quantitative estimate of drug-likeness (QED) is 0.575. The Morgan fingerprint density at radius 1 is 1.22 bits per heavy atom. The van der Waals surface area contributed by atoms with E-state index in [2.05, 4.69) is 25.0 Å². The molecule has 1 saturated carbocycles. The van der Waals surface area contributed by atoms with Crippen molar-refractivity contribution in [2.24, 2.45) is 4.36 Å². The second kappa shape index (κ2) is 9.72. The summed E-state index contributed by atoms with van der Waals surface area (Å²) in [6.07, 6.45) is -1.15. The van der Waals surface area contributed by atoms with Crippen LogP contribution in [-0.2, 0) is 16.3 Å². The molecule has 3 rings (SSSR count). The zero-order chi connectivity index (χ0) is 23.5. The summed E-state index contributed by atoms with van der Waals surface area (Å²) in [7, 11) is 2.91. The first-order valence-electron chi connectivity index (χ1n) is 10.4. The summed E-state index contributed by atoms with van der Waals surface area (Å²) in [5.41, 5.74) is -0.324. The molecule has 7 nitrogen and oxygen atoms in total. The molecule has 0 saturated heterocycles. The largest absolute Gasteiger partial charge is 0.626 e. The van der Waals surface area contributed by atoms with E-state index in [0.29, 0.717) is 16.3 Å². The summed E-state index contributed by atoms with van der Waals surface area (Å²) < 4.78 is 57.4. The summed E-state index contributed by atoms with van der Waals surface area (Å²) in [6, 6.07) is 6.74. The number of likely N-dealkylation sites (N-methyl/N-ethyl adjacent to an activating group) is 1. The summed E-state index contributed by atoms with van der Waals surface area (Å²) >= 11 is 0. The zero-order valence-electron chi connectivity index (χ0n) is 18.6. The van der Waals surface area contributed by atoms with Gasteiger partial charge in [-0.1, -0.05) is 0 Å². The van der Waals surface area contributed by atoms with Gasteiger partial charge in [-0.2, -0.15) is 18.2 Å². The molecule has 0 radical (unpaired) electrons. The molecule has 0 aliphatic heterocycles. The van der Waals surface area contributed by atoms with Gasteiger partial charge in [0.05, 0.1) is 12.8 Å². The summed E-state index contributed by atoms with van der Waals surface area (Å²) in [5.74, 6) is 0.204. The average molecular weight is 471 g/mol. The van der Waals surface area contributed by atoms with Gasteiger partial charge in [0.1, 0.15) is 16.3 Å². The second-order valence-corrected chi connectivity index (χ2v) is 10.6. The van der Waals surface area contributed by atoms with Crippen LogP contribution in [0.4, 0.5) is 30.6 Å². The Bertz CT molecular complexity index is 980. The van der Waals surface area contributed by atoms with Gasteiger partial charge in [0, 0.05) is 24.0 Å². The number of aromatic nitrogens is 2. The smallest absolute Gasteiger partial charge is 0.421 e. The van der Waals surface area contributed by atoms with Crippen molar-refractivity contribution in [3.8, 4) is 0 Å². The minimum absolute atomic E-state index is 0.0454. The van der Waals surface area contributed by atoms with Crippen LogP contribution >= 0.6 is 0 Å². The maximum Gasteiger partial charge on any atom is 0.421 e. The van der Waals surface area contributed by atoms with Crippen LogP contribution < -0.4 is 10.6 Å². The van der Waals surface area contributed by atoms with Crippen molar-refractivity contribution in [2.75, 3.05) is 37.5 Å². The van der Waals surface area contributed by atoms with Gasteiger partial charge < -0.3 is 20.1 Å². The number of halogens is 3. The Balaban J connectivity index is 1.86. The predicted octanol–water partition coefficient (Wildman–Crippen LogP) is 4.61. The summed E-state index contributed by atoms with van der Waals surface area (Å²) in [5, 5.41) is 5.95. The number of hydrogen-bond donors (Lipinski definition) is 2. The van der Waals surface area contributed by atoms with Gasteiger partial charge in [0.25, 0.3) is 0 Å². The third-order valence-electron chi connectivity index (χ3n) is 5.72. The monoisotopic (exact) mass is 470 g/mol. The van der Waals surface area contributed by atoms with E-state index in [1.165, 1.54) is 7.05 Å². The van der Waals surface area contributed by atoms with E-state index in [4.69, 9.17) is 0 Å². The van der Waals surface area contributed by atoms with Crippen LogP contribution in [0.1, 0.15) is 31.7 Å². The van der Waals surface area contributed by atoms with Crippen molar-refractivity contribution >= 4 is 27.6 Å². The summed E-state index contributed by atoms with van der Waals surface area (Å²) in [6.45, 7) is 1.80. The van der Waals surface area contributed by atoms with Gasteiger partial charge in [-0.3, -0.25) is 0 Å². The van der Waals surface area contributed by atoms with Crippen LogP contribution in [0.5, 0.6) is 0 Å². The van der Waals surface area contributed by atoms with Crippen molar-refractivity contribution in [3.05, 3.63) is 36.0 Å². The van der Waals surface area contributed by atoms with Crippen LogP contribution in [-0.4, -0.2) is 58.4 Å². The van der Waals surface area contributed by atoms with Gasteiger partial charge in [-0.15, -0.1) is 4.36 Å². The van der Waals surface area contributed by atoms with Crippen LogP contribution in [0.15, 0.2) is 39.7 Å². The highest BCUT2D eigenvalue weighted by molar-refractivity contribution is 7.99. The molecular formula is C21H29F3N6OS. The molecule has 0 bridgehead atoms. The molecule has 1 aromatic heterocycles. The fourth-order valence-corrected chi connectivity index (χ4v) is 5.31.